The average Bonchev–Trinajstić information content (AvgIpc) is 3.51. The molecule has 0 amide bonds. The minimum atomic E-state index is -0.712. The Kier molecular flexibility index (Phi) is 6.52. The van der Waals surface area contributed by atoms with Gasteiger partial charge >= 0.3 is 5.97 Å². The van der Waals surface area contributed by atoms with Crippen LogP contribution in [0.3, 0.4) is 0 Å². The molecule has 38 heavy (non-hydrogen) atoms. The van der Waals surface area contributed by atoms with Crippen molar-refractivity contribution in [3.63, 3.8) is 0 Å². The van der Waals surface area contributed by atoms with Crippen molar-refractivity contribution in [1.82, 2.24) is 4.57 Å². The maximum absolute atomic E-state index is 13.6. The fraction of sp³-hybridized carbons (Fsp3) is 0.148. The van der Waals surface area contributed by atoms with E-state index in [0.29, 0.717) is 26.5 Å². The van der Waals surface area contributed by atoms with Gasteiger partial charge in [-0.05, 0) is 36.8 Å². The van der Waals surface area contributed by atoms with E-state index in [-0.39, 0.29) is 28.1 Å². The second-order valence-electron chi connectivity index (χ2n) is 8.33. The number of nitrogens with zero attached hydrogens (tertiary/aromatic N) is 3. The summed E-state index contributed by atoms with van der Waals surface area (Å²) >= 11 is 1.16. The highest BCUT2D eigenvalue weighted by molar-refractivity contribution is 7.07. The number of nitro benzene ring substituents is 1. The maximum Gasteiger partial charge on any atom is 0.338 e. The maximum atomic E-state index is 13.6. The summed E-state index contributed by atoms with van der Waals surface area (Å²) in [5.41, 5.74) is 1.24. The Labute approximate surface area is 219 Å². The van der Waals surface area contributed by atoms with Gasteiger partial charge in [0.05, 0.1) is 52.6 Å². The molecule has 0 N–H and O–H groups in total. The molecule has 192 valence electrons. The lowest BCUT2D eigenvalue weighted by atomic mass is 9.96. The first kappa shape index (κ1) is 24.9. The Morgan fingerprint density at radius 1 is 1.16 bits per heavy atom. The number of nitro groups is 1. The normalized spacial score (nSPS) is 15.1. The number of hydrogen-bond acceptors (Lipinski definition) is 9. The van der Waals surface area contributed by atoms with Crippen LogP contribution in [0, 0.1) is 10.1 Å². The van der Waals surface area contributed by atoms with Gasteiger partial charge in [-0.3, -0.25) is 19.5 Å². The van der Waals surface area contributed by atoms with E-state index in [1.165, 1.54) is 24.9 Å². The molecule has 11 heteroatoms. The molecule has 2 aromatic carbocycles. The fourth-order valence-corrected chi connectivity index (χ4v) is 5.37. The Morgan fingerprint density at radius 2 is 1.92 bits per heavy atom. The average molecular weight is 532 g/mol. The standard InChI is InChI=1S/C27H21N3O7S/c1-15-23(26(32)36-3)24(16-7-5-4-6-8-16)29-25(31)22(38-27(29)28-15)14-18-10-12-21(37-18)19-11-9-17(35-2)13-20(19)30(33)34/h4-14,24H,1-3H3/b22-14-. The molecular formula is C27H21N3O7S. The van der Waals surface area contributed by atoms with Crippen molar-refractivity contribution in [2.45, 2.75) is 13.0 Å². The van der Waals surface area contributed by atoms with E-state index in [2.05, 4.69) is 4.99 Å². The number of methoxy groups -OCH3 is 2. The van der Waals surface area contributed by atoms with Crippen molar-refractivity contribution < 1.29 is 23.6 Å². The van der Waals surface area contributed by atoms with Crippen LogP contribution in [0.1, 0.15) is 24.3 Å². The van der Waals surface area contributed by atoms with Gasteiger partial charge in [0.15, 0.2) is 4.80 Å². The van der Waals surface area contributed by atoms with Crippen LogP contribution >= 0.6 is 11.3 Å². The van der Waals surface area contributed by atoms with Gasteiger partial charge in [-0.15, -0.1) is 0 Å². The molecule has 0 radical (unpaired) electrons. The Hall–Kier alpha value is -4.77. The topological polar surface area (TPSA) is 126 Å². The molecule has 0 saturated heterocycles. The molecule has 1 atom stereocenters. The van der Waals surface area contributed by atoms with E-state index < -0.39 is 16.9 Å². The Balaban J connectivity index is 1.62. The Morgan fingerprint density at radius 3 is 2.61 bits per heavy atom. The number of furan rings is 1. The largest absolute Gasteiger partial charge is 0.497 e. The molecule has 0 fully saturated rings. The van der Waals surface area contributed by atoms with Crippen molar-refractivity contribution >= 4 is 29.1 Å². The van der Waals surface area contributed by atoms with Gasteiger partial charge in [0.25, 0.3) is 11.2 Å². The third-order valence-electron chi connectivity index (χ3n) is 6.11. The first-order valence-electron chi connectivity index (χ1n) is 11.4. The van der Waals surface area contributed by atoms with E-state index in [4.69, 9.17) is 13.9 Å². The number of hydrogen-bond donors (Lipinski definition) is 0. The SMILES string of the molecule is COC(=O)C1=C(C)N=c2s/c(=C\c3ccc(-c4ccc(OC)cc4[N+](=O)[O-])o3)c(=O)n2C1c1ccccc1. The fourth-order valence-electron chi connectivity index (χ4n) is 4.35. The molecule has 0 aliphatic carbocycles. The number of fused-ring (bicyclic) bond motifs is 1. The zero-order valence-corrected chi connectivity index (χ0v) is 21.4. The van der Waals surface area contributed by atoms with Gasteiger partial charge < -0.3 is 13.9 Å². The predicted molar refractivity (Wildman–Crippen MR) is 140 cm³/mol. The van der Waals surface area contributed by atoms with Gasteiger partial charge in [0.2, 0.25) is 0 Å². The highest BCUT2D eigenvalue weighted by atomic mass is 32.1. The predicted octanol–water partition coefficient (Wildman–Crippen LogP) is 3.59. The molecule has 1 unspecified atom stereocenters. The highest BCUT2D eigenvalue weighted by Crippen LogP contribution is 2.34. The lowest BCUT2D eigenvalue weighted by molar-refractivity contribution is -0.384. The summed E-state index contributed by atoms with van der Waals surface area (Å²) in [6.45, 7) is 1.71. The summed E-state index contributed by atoms with van der Waals surface area (Å²) < 4.78 is 17.8. The Bertz CT molecular complexity index is 1780. The summed E-state index contributed by atoms with van der Waals surface area (Å²) in [7, 11) is 2.72. The van der Waals surface area contributed by atoms with Crippen LogP contribution in [0.2, 0.25) is 0 Å². The number of thiazole rings is 1. The molecule has 0 spiro atoms. The minimum absolute atomic E-state index is 0.168. The van der Waals surface area contributed by atoms with Crippen molar-refractivity contribution in [2.24, 2.45) is 4.99 Å². The number of carbonyl (C=O) groups is 1. The molecule has 4 aromatic rings. The first-order chi connectivity index (χ1) is 18.3. The van der Waals surface area contributed by atoms with Crippen molar-refractivity contribution in [3.05, 3.63) is 113 Å². The molecule has 5 rings (SSSR count). The van der Waals surface area contributed by atoms with Crippen LogP contribution < -0.4 is 19.6 Å². The number of esters is 1. The highest BCUT2D eigenvalue weighted by Gasteiger charge is 2.33. The van der Waals surface area contributed by atoms with Gasteiger partial charge in [-0.1, -0.05) is 41.7 Å². The van der Waals surface area contributed by atoms with E-state index in [9.17, 15) is 19.7 Å². The molecule has 10 nitrogen and oxygen atoms in total. The second-order valence-corrected chi connectivity index (χ2v) is 9.34. The zero-order chi connectivity index (χ0) is 27.0. The molecular weight excluding hydrogens is 510 g/mol. The van der Waals surface area contributed by atoms with Crippen molar-refractivity contribution in [1.29, 1.82) is 0 Å². The van der Waals surface area contributed by atoms with Crippen LogP contribution in [-0.2, 0) is 9.53 Å². The number of benzene rings is 2. The zero-order valence-electron chi connectivity index (χ0n) is 20.5. The molecule has 1 aliphatic rings. The minimum Gasteiger partial charge on any atom is -0.497 e. The molecule has 0 bridgehead atoms. The third kappa shape index (κ3) is 4.33. The van der Waals surface area contributed by atoms with Crippen LogP contribution in [0.4, 0.5) is 5.69 Å². The van der Waals surface area contributed by atoms with E-state index in [1.807, 2.05) is 30.3 Å². The van der Waals surface area contributed by atoms with E-state index in [1.54, 1.807) is 37.3 Å². The number of allylic oxidation sites excluding steroid dienone is 1. The van der Waals surface area contributed by atoms with Crippen LogP contribution in [-0.4, -0.2) is 29.7 Å². The number of ether oxygens (including phenoxy) is 2. The van der Waals surface area contributed by atoms with Crippen LogP contribution in [0.15, 0.2) is 86.1 Å². The van der Waals surface area contributed by atoms with Crippen LogP contribution in [0.25, 0.3) is 17.4 Å². The number of aromatic nitrogens is 1. The summed E-state index contributed by atoms with van der Waals surface area (Å²) in [5.74, 6) is 0.383. The monoisotopic (exact) mass is 531 g/mol. The summed E-state index contributed by atoms with van der Waals surface area (Å²) in [6, 6.07) is 16.2. The van der Waals surface area contributed by atoms with E-state index in [0.717, 1.165) is 16.9 Å². The summed E-state index contributed by atoms with van der Waals surface area (Å²) in [5, 5.41) is 11.6. The van der Waals surface area contributed by atoms with Crippen LogP contribution in [0.5, 0.6) is 5.75 Å². The number of rotatable bonds is 6. The lowest BCUT2D eigenvalue weighted by Gasteiger charge is -2.24. The van der Waals surface area contributed by atoms with Crippen molar-refractivity contribution in [3.8, 4) is 17.1 Å². The number of carbonyl (C=O) groups excluding carboxylic acids is 1. The second kappa shape index (κ2) is 9.94. The molecule has 1 aliphatic heterocycles. The molecule has 2 aromatic heterocycles. The molecule has 3 heterocycles. The smallest absolute Gasteiger partial charge is 0.338 e. The lowest BCUT2D eigenvalue weighted by Crippen LogP contribution is -2.39. The van der Waals surface area contributed by atoms with Gasteiger partial charge in [0.1, 0.15) is 17.3 Å². The third-order valence-corrected chi connectivity index (χ3v) is 7.09. The quantitative estimate of drug-likeness (QED) is 0.211. The summed E-state index contributed by atoms with van der Waals surface area (Å²) in [4.78, 5) is 42.4. The first-order valence-corrected chi connectivity index (χ1v) is 12.2. The van der Waals surface area contributed by atoms with Crippen molar-refractivity contribution in [2.75, 3.05) is 14.2 Å². The summed E-state index contributed by atoms with van der Waals surface area (Å²) in [6.07, 6.45) is 1.56. The van der Waals surface area contributed by atoms with Gasteiger partial charge in [-0.25, -0.2) is 9.79 Å². The molecule has 0 saturated carbocycles. The van der Waals surface area contributed by atoms with Gasteiger partial charge in [-0.2, -0.15) is 0 Å². The van der Waals surface area contributed by atoms with E-state index >= 15 is 0 Å². The van der Waals surface area contributed by atoms with Gasteiger partial charge in [0, 0.05) is 6.08 Å².